The van der Waals surface area contributed by atoms with Crippen LogP contribution in [0.15, 0.2) is 113 Å². The van der Waals surface area contributed by atoms with E-state index in [-0.39, 0.29) is 12.2 Å². The van der Waals surface area contributed by atoms with Gasteiger partial charge in [-0.25, -0.2) is 4.79 Å². The first-order chi connectivity index (χ1) is 45.9. The summed E-state index contributed by atoms with van der Waals surface area (Å²) in [5.74, 6) is 4.12. The van der Waals surface area contributed by atoms with Crippen molar-refractivity contribution in [2.75, 3.05) is 26.4 Å². The molecule has 0 aliphatic rings. The Morgan fingerprint density at radius 1 is 0.280 bits per heavy atom. The van der Waals surface area contributed by atoms with E-state index in [0.717, 1.165) is 78.2 Å². The van der Waals surface area contributed by atoms with E-state index in [1.807, 2.05) is 42.5 Å². The van der Waals surface area contributed by atoms with Gasteiger partial charge < -0.3 is 38.3 Å². The molecule has 0 spiro atoms. The van der Waals surface area contributed by atoms with Gasteiger partial charge in [0.2, 0.25) is 0 Å². The van der Waals surface area contributed by atoms with Gasteiger partial charge in [0.1, 0.15) is 37.1 Å². The molecule has 5 rings (SSSR count). The summed E-state index contributed by atoms with van der Waals surface area (Å²) in [6.07, 6.45) is 51.2. The van der Waals surface area contributed by atoms with Gasteiger partial charge in [0.25, 0.3) is 0 Å². The first-order valence-electron chi connectivity index (χ1n) is 37.5. The van der Waals surface area contributed by atoms with Crippen LogP contribution in [0.2, 0.25) is 0 Å². The Kier molecular flexibility index (Phi) is 43.4. The van der Waals surface area contributed by atoms with Gasteiger partial charge >= 0.3 is 5.97 Å². The molecule has 0 saturated heterocycles. The minimum Gasteiger partial charge on any atom is -0.490 e. The van der Waals surface area contributed by atoms with Crippen molar-refractivity contribution < 1.29 is 43.1 Å². The lowest BCUT2D eigenvalue weighted by Crippen LogP contribution is -2.05. The van der Waals surface area contributed by atoms with E-state index in [4.69, 9.17) is 33.2 Å². The minimum absolute atomic E-state index is 0.199. The predicted octanol–water partition coefficient (Wildman–Crippen LogP) is 25.7. The van der Waals surface area contributed by atoms with Crippen molar-refractivity contribution >= 4 is 17.3 Å². The zero-order valence-electron chi connectivity index (χ0n) is 58.7. The van der Waals surface area contributed by atoms with Crippen molar-refractivity contribution in [3.63, 3.8) is 0 Å². The maximum absolute atomic E-state index is 11.3. The third kappa shape index (κ3) is 36.9. The van der Waals surface area contributed by atoms with Crippen LogP contribution in [-0.2, 0) is 19.8 Å². The third-order valence-corrected chi connectivity index (χ3v) is 17.4. The molecule has 0 radical (unpaired) electrons. The normalized spacial score (nSPS) is 11.4. The van der Waals surface area contributed by atoms with E-state index < -0.39 is 5.97 Å². The molecule has 11 nitrogen and oxygen atoms in total. The molecule has 0 saturated carbocycles. The second kappa shape index (κ2) is 52.1. The van der Waals surface area contributed by atoms with Gasteiger partial charge in [0.15, 0.2) is 23.0 Å². The Morgan fingerprint density at radius 3 is 0.882 bits per heavy atom. The highest BCUT2D eigenvalue weighted by Gasteiger charge is 2.14. The standard InChI is InChI=1S/C82H124N2O9/c1-5-9-13-17-21-25-29-33-37-41-57-87-78-55-45-69(63-80(78)89-59-43-39-35-31-27-23-19-15-11-7-3)66-92-76-61-71(68-91-75-53-51-74(52-54-75)84-83-73-49-47-72(48-50-73)82(85)86)62-77(65-76)93-67-70-46-56-79(88-58-42-38-34-30-26-22-18-14-10-6-2)81(64-70)90-60-44-40-36-32-28-24-20-16-12-8-4/h45-56,61-65H,5-44,57-60,66-68H2,1-4H3,(H,85,86). The maximum atomic E-state index is 11.3. The summed E-state index contributed by atoms with van der Waals surface area (Å²) >= 11 is 0. The molecule has 0 fully saturated rings. The van der Waals surface area contributed by atoms with Gasteiger partial charge in [0.05, 0.1) is 43.4 Å². The number of azo groups is 1. The zero-order chi connectivity index (χ0) is 65.7. The average Bonchev–Trinajstić information content (AvgIpc) is 1.33. The highest BCUT2D eigenvalue weighted by molar-refractivity contribution is 5.87. The molecule has 1 N–H and O–H groups in total. The summed E-state index contributed by atoms with van der Waals surface area (Å²) in [5, 5.41) is 17.9. The zero-order valence-corrected chi connectivity index (χ0v) is 58.7. The predicted molar refractivity (Wildman–Crippen MR) is 386 cm³/mol. The molecule has 5 aromatic carbocycles. The third-order valence-electron chi connectivity index (χ3n) is 17.4. The number of rotatable bonds is 60. The number of carbonyl (C=O) groups is 1. The lowest BCUT2D eigenvalue weighted by molar-refractivity contribution is 0.0696. The van der Waals surface area contributed by atoms with Crippen LogP contribution in [0, 0.1) is 0 Å². The lowest BCUT2D eigenvalue weighted by atomic mass is 10.1. The smallest absolute Gasteiger partial charge is 0.335 e. The summed E-state index contributed by atoms with van der Waals surface area (Å²) in [6, 6.07) is 32.1. The van der Waals surface area contributed by atoms with Gasteiger partial charge in [-0.15, -0.1) is 0 Å². The average molecular weight is 1280 g/mol. The number of aromatic carboxylic acids is 1. The molecule has 0 atom stereocenters. The molecule has 0 aliphatic heterocycles. The molecule has 5 aromatic rings. The van der Waals surface area contributed by atoms with Crippen LogP contribution in [0.5, 0.6) is 40.2 Å². The van der Waals surface area contributed by atoms with Crippen molar-refractivity contribution in [2.24, 2.45) is 10.2 Å². The Labute approximate surface area is 564 Å². The number of benzene rings is 5. The summed E-state index contributed by atoms with van der Waals surface area (Å²) in [6.45, 7) is 12.7. The van der Waals surface area contributed by atoms with E-state index in [1.54, 1.807) is 12.1 Å². The molecule has 11 heteroatoms. The number of ether oxygens (including phenoxy) is 7. The largest absolute Gasteiger partial charge is 0.490 e. The molecule has 0 aromatic heterocycles. The quantitative estimate of drug-likeness (QED) is 0.0299. The molecular weight excluding hydrogens is 1160 g/mol. The first kappa shape index (κ1) is 77.5. The van der Waals surface area contributed by atoms with Crippen molar-refractivity contribution in [2.45, 2.75) is 304 Å². The number of hydrogen-bond donors (Lipinski definition) is 1. The Bertz CT molecular complexity index is 2550. The molecule has 0 unspecified atom stereocenters. The van der Waals surface area contributed by atoms with Crippen LogP contribution in [0.3, 0.4) is 0 Å². The van der Waals surface area contributed by atoms with Crippen LogP contribution < -0.4 is 33.2 Å². The van der Waals surface area contributed by atoms with Crippen molar-refractivity contribution in [3.8, 4) is 40.2 Å². The van der Waals surface area contributed by atoms with E-state index in [2.05, 4.69) is 74.3 Å². The second-order valence-corrected chi connectivity index (χ2v) is 25.9. The molecule has 516 valence electrons. The van der Waals surface area contributed by atoms with Crippen LogP contribution >= 0.6 is 0 Å². The van der Waals surface area contributed by atoms with Crippen molar-refractivity contribution in [3.05, 3.63) is 125 Å². The molecule has 0 bridgehead atoms. The fourth-order valence-corrected chi connectivity index (χ4v) is 11.6. The Hall–Kier alpha value is -6.23. The first-order valence-corrected chi connectivity index (χ1v) is 37.5. The van der Waals surface area contributed by atoms with E-state index in [0.29, 0.717) is 68.3 Å². The Morgan fingerprint density at radius 2 is 0.559 bits per heavy atom. The molecule has 0 aliphatic carbocycles. The molecule has 93 heavy (non-hydrogen) atoms. The number of unbranched alkanes of at least 4 members (excludes halogenated alkanes) is 36. The van der Waals surface area contributed by atoms with Crippen LogP contribution in [0.1, 0.15) is 312 Å². The van der Waals surface area contributed by atoms with Gasteiger partial charge in [0, 0.05) is 6.07 Å². The lowest BCUT2D eigenvalue weighted by Gasteiger charge is -2.17. The van der Waals surface area contributed by atoms with Gasteiger partial charge in [-0.2, -0.15) is 10.2 Å². The summed E-state index contributed by atoms with van der Waals surface area (Å²) in [7, 11) is 0. The van der Waals surface area contributed by atoms with E-state index in [1.165, 1.54) is 230 Å². The van der Waals surface area contributed by atoms with Crippen LogP contribution in [-0.4, -0.2) is 37.5 Å². The number of nitrogens with zero attached hydrogens (tertiary/aromatic N) is 2. The second-order valence-electron chi connectivity index (χ2n) is 25.9. The summed E-state index contributed by atoms with van der Waals surface area (Å²) in [5.41, 5.74) is 4.24. The van der Waals surface area contributed by atoms with Crippen molar-refractivity contribution in [1.29, 1.82) is 0 Å². The monoisotopic (exact) mass is 1280 g/mol. The fourth-order valence-electron chi connectivity index (χ4n) is 11.6. The molecule has 0 heterocycles. The van der Waals surface area contributed by atoms with Crippen molar-refractivity contribution in [1.82, 2.24) is 0 Å². The van der Waals surface area contributed by atoms with Gasteiger partial charge in [-0.05, 0) is 127 Å². The maximum Gasteiger partial charge on any atom is 0.335 e. The highest BCUT2D eigenvalue weighted by Crippen LogP contribution is 2.34. The Balaban J connectivity index is 1.27. The fraction of sp³-hybridized carbons (Fsp3) is 0.622. The summed E-state index contributed by atoms with van der Waals surface area (Å²) < 4.78 is 45.7. The number of carboxylic acids is 1. The van der Waals surface area contributed by atoms with Gasteiger partial charge in [-0.1, -0.05) is 271 Å². The SMILES string of the molecule is CCCCCCCCCCCCOc1ccc(COc2cc(COc3ccc(N=Nc4ccc(C(=O)O)cc4)cc3)cc(OCc3ccc(OCCCCCCCCCCCC)c(OCCCCCCCCCCCC)c3)c2)cc1OCCCCCCCCCCCC. The van der Waals surface area contributed by atoms with E-state index >= 15 is 0 Å². The topological polar surface area (TPSA) is 127 Å². The number of hydrogen-bond acceptors (Lipinski definition) is 10. The highest BCUT2D eigenvalue weighted by atomic mass is 16.5. The summed E-state index contributed by atoms with van der Waals surface area (Å²) in [4.78, 5) is 11.3. The molecular formula is C82H124N2O9. The van der Waals surface area contributed by atoms with Gasteiger partial charge in [-0.3, -0.25) is 0 Å². The van der Waals surface area contributed by atoms with Crippen LogP contribution in [0.25, 0.3) is 0 Å². The number of carboxylic acid groups (broad SMARTS) is 1. The van der Waals surface area contributed by atoms with Crippen LogP contribution in [0.4, 0.5) is 11.4 Å². The van der Waals surface area contributed by atoms with E-state index in [9.17, 15) is 9.90 Å². The molecule has 0 amide bonds. The minimum atomic E-state index is -0.983.